The van der Waals surface area contributed by atoms with Crippen LogP contribution in [0.3, 0.4) is 0 Å². The number of amides is 2. The Morgan fingerprint density at radius 3 is 2.43 bits per heavy atom. The minimum Gasteiger partial charge on any atom is -0.497 e. The Kier molecular flexibility index (Phi) is 9.46. The SMILES string of the molecule is CCNC(=O)[C@H](CC)N(Cc1ccc(OC)cc1)C(=O)COc1ccc(Br)cc1Cl. The number of carbonyl (C=O) groups excluding carboxylic acids is 2. The van der Waals surface area contributed by atoms with Crippen molar-refractivity contribution in [2.24, 2.45) is 0 Å². The van der Waals surface area contributed by atoms with E-state index in [1.807, 2.05) is 38.1 Å². The van der Waals surface area contributed by atoms with Crippen LogP contribution in [0, 0.1) is 0 Å². The normalized spacial score (nSPS) is 11.5. The molecule has 1 atom stereocenters. The lowest BCUT2D eigenvalue weighted by Gasteiger charge is -2.30. The third-order valence-electron chi connectivity index (χ3n) is 4.49. The average molecular weight is 498 g/mol. The molecule has 0 heterocycles. The monoisotopic (exact) mass is 496 g/mol. The first-order valence-corrected chi connectivity index (χ1v) is 10.8. The van der Waals surface area contributed by atoms with E-state index in [1.165, 1.54) is 0 Å². The third-order valence-corrected chi connectivity index (χ3v) is 5.28. The zero-order valence-electron chi connectivity index (χ0n) is 17.3. The smallest absolute Gasteiger partial charge is 0.261 e. The van der Waals surface area contributed by atoms with Crippen LogP contribution in [-0.2, 0) is 16.1 Å². The standard InChI is InChI=1S/C22H26BrClN2O4/c1-4-19(22(28)25-5-2)26(13-15-6-9-17(29-3)10-7-15)21(27)14-30-20-11-8-16(23)12-18(20)24/h6-12,19H,4-5,13-14H2,1-3H3,(H,25,28)/t19-/m0/s1. The van der Waals surface area contributed by atoms with Crippen LogP contribution in [0.4, 0.5) is 0 Å². The Balaban J connectivity index is 2.21. The largest absolute Gasteiger partial charge is 0.497 e. The fraction of sp³-hybridized carbons (Fsp3) is 0.364. The van der Waals surface area contributed by atoms with E-state index in [-0.39, 0.29) is 25.0 Å². The Labute approximate surface area is 190 Å². The number of hydrogen-bond acceptors (Lipinski definition) is 4. The van der Waals surface area contributed by atoms with Gasteiger partial charge < -0.3 is 19.7 Å². The van der Waals surface area contributed by atoms with Crippen LogP contribution in [0.2, 0.25) is 5.02 Å². The molecule has 0 unspecified atom stereocenters. The minimum atomic E-state index is -0.608. The highest BCUT2D eigenvalue weighted by Crippen LogP contribution is 2.28. The van der Waals surface area contributed by atoms with Crippen LogP contribution in [0.15, 0.2) is 46.9 Å². The maximum absolute atomic E-state index is 13.1. The topological polar surface area (TPSA) is 67.9 Å². The molecule has 0 fully saturated rings. The van der Waals surface area contributed by atoms with Crippen molar-refractivity contribution in [3.8, 4) is 11.5 Å². The van der Waals surface area contributed by atoms with Gasteiger partial charge in [0.05, 0.1) is 12.1 Å². The number of nitrogens with one attached hydrogen (secondary N) is 1. The van der Waals surface area contributed by atoms with E-state index in [9.17, 15) is 9.59 Å². The predicted molar refractivity (Wildman–Crippen MR) is 121 cm³/mol. The van der Waals surface area contributed by atoms with Gasteiger partial charge in [-0.2, -0.15) is 0 Å². The molecule has 30 heavy (non-hydrogen) atoms. The van der Waals surface area contributed by atoms with Gasteiger partial charge in [-0.3, -0.25) is 9.59 Å². The molecule has 162 valence electrons. The molecular formula is C22H26BrClN2O4. The molecule has 0 bridgehead atoms. The number of halogens is 2. The van der Waals surface area contributed by atoms with E-state index in [1.54, 1.807) is 30.2 Å². The third kappa shape index (κ3) is 6.64. The number of hydrogen-bond donors (Lipinski definition) is 1. The minimum absolute atomic E-state index is 0.191. The van der Waals surface area contributed by atoms with E-state index in [0.717, 1.165) is 15.8 Å². The van der Waals surface area contributed by atoms with Gasteiger partial charge in [0.1, 0.15) is 17.5 Å². The molecule has 8 heteroatoms. The van der Waals surface area contributed by atoms with Crippen molar-refractivity contribution in [3.05, 3.63) is 57.5 Å². The lowest BCUT2D eigenvalue weighted by molar-refractivity contribution is -0.142. The Morgan fingerprint density at radius 2 is 1.87 bits per heavy atom. The molecule has 1 N–H and O–H groups in total. The van der Waals surface area contributed by atoms with E-state index < -0.39 is 6.04 Å². The zero-order chi connectivity index (χ0) is 22.1. The second-order valence-electron chi connectivity index (χ2n) is 6.55. The summed E-state index contributed by atoms with van der Waals surface area (Å²) in [5.74, 6) is 0.635. The fourth-order valence-electron chi connectivity index (χ4n) is 2.95. The summed E-state index contributed by atoms with van der Waals surface area (Å²) in [7, 11) is 1.59. The molecule has 2 amide bonds. The second kappa shape index (κ2) is 11.8. The van der Waals surface area contributed by atoms with Crippen LogP contribution in [-0.4, -0.2) is 43.0 Å². The van der Waals surface area contributed by atoms with Crippen molar-refractivity contribution in [2.75, 3.05) is 20.3 Å². The van der Waals surface area contributed by atoms with E-state index in [0.29, 0.717) is 23.7 Å². The molecule has 2 aromatic carbocycles. The summed E-state index contributed by atoms with van der Waals surface area (Å²) in [6.45, 7) is 4.26. The molecule has 2 rings (SSSR count). The quantitative estimate of drug-likeness (QED) is 0.527. The van der Waals surface area contributed by atoms with Crippen molar-refractivity contribution < 1.29 is 19.1 Å². The van der Waals surface area contributed by atoms with Gasteiger partial charge in [-0.1, -0.05) is 46.6 Å². The average Bonchev–Trinajstić information content (AvgIpc) is 2.73. The van der Waals surface area contributed by atoms with Crippen molar-refractivity contribution in [1.82, 2.24) is 10.2 Å². The Bertz CT molecular complexity index is 861. The molecular weight excluding hydrogens is 472 g/mol. The number of benzene rings is 2. The summed E-state index contributed by atoms with van der Waals surface area (Å²) in [5, 5.41) is 3.20. The van der Waals surface area contributed by atoms with Crippen molar-refractivity contribution in [1.29, 1.82) is 0 Å². The fourth-order valence-corrected chi connectivity index (χ4v) is 3.68. The van der Waals surface area contributed by atoms with E-state index in [4.69, 9.17) is 21.1 Å². The summed E-state index contributed by atoms with van der Waals surface area (Å²) in [6.07, 6.45) is 0.479. The molecule has 0 aromatic heterocycles. The van der Waals surface area contributed by atoms with Crippen molar-refractivity contribution >= 4 is 39.3 Å². The summed E-state index contributed by atoms with van der Waals surface area (Å²) in [5.41, 5.74) is 0.883. The summed E-state index contributed by atoms with van der Waals surface area (Å²) < 4.78 is 11.6. The molecule has 0 radical (unpaired) electrons. The van der Waals surface area contributed by atoms with Gasteiger partial charge in [-0.05, 0) is 49.2 Å². The van der Waals surface area contributed by atoms with Gasteiger partial charge in [0, 0.05) is 17.6 Å². The number of rotatable bonds is 10. The molecule has 0 saturated heterocycles. The highest BCUT2D eigenvalue weighted by molar-refractivity contribution is 9.10. The summed E-state index contributed by atoms with van der Waals surface area (Å²) in [6, 6.07) is 11.9. The molecule has 0 spiro atoms. The number of methoxy groups -OCH3 is 1. The van der Waals surface area contributed by atoms with Gasteiger partial charge in [0.2, 0.25) is 5.91 Å². The second-order valence-corrected chi connectivity index (χ2v) is 7.87. The van der Waals surface area contributed by atoms with Gasteiger partial charge in [-0.25, -0.2) is 0 Å². The van der Waals surface area contributed by atoms with Gasteiger partial charge in [-0.15, -0.1) is 0 Å². The Hall–Kier alpha value is -2.25. The van der Waals surface area contributed by atoms with Crippen LogP contribution >= 0.6 is 27.5 Å². The summed E-state index contributed by atoms with van der Waals surface area (Å²) in [4.78, 5) is 27.2. The lowest BCUT2D eigenvalue weighted by atomic mass is 10.1. The highest BCUT2D eigenvalue weighted by atomic mass is 79.9. The van der Waals surface area contributed by atoms with E-state index in [2.05, 4.69) is 21.2 Å². The zero-order valence-corrected chi connectivity index (χ0v) is 19.6. The van der Waals surface area contributed by atoms with Crippen molar-refractivity contribution in [3.63, 3.8) is 0 Å². The molecule has 0 saturated carbocycles. The van der Waals surface area contributed by atoms with Crippen LogP contribution < -0.4 is 14.8 Å². The molecule has 6 nitrogen and oxygen atoms in total. The van der Waals surface area contributed by atoms with Crippen LogP contribution in [0.5, 0.6) is 11.5 Å². The molecule has 0 aliphatic rings. The number of likely N-dealkylation sites (N-methyl/N-ethyl adjacent to an activating group) is 1. The number of nitrogens with zero attached hydrogens (tertiary/aromatic N) is 1. The Morgan fingerprint density at radius 1 is 1.17 bits per heavy atom. The van der Waals surface area contributed by atoms with Gasteiger partial charge in [0.25, 0.3) is 5.91 Å². The molecule has 2 aromatic rings. The van der Waals surface area contributed by atoms with Crippen molar-refractivity contribution in [2.45, 2.75) is 32.9 Å². The lowest BCUT2D eigenvalue weighted by Crippen LogP contribution is -2.50. The van der Waals surface area contributed by atoms with Gasteiger partial charge >= 0.3 is 0 Å². The maximum Gasteiger partial charge on any atom is 0.261 e. The number of ether oxygens (including phenoxy) is 2. The van der Waals surface area contributed by atoms with E-state index >= 15 is 0 Å². The highest BCUT2D eigenvalue weighted by Gasteiger charge is 2.28. The molecule has 0 aliphatic carbocycles. The number of carbonyl (C=O) groups is 2. The molecule has 0 aliphatic heterocycles. The maximum atomic E-state index is 13.1. The first kappa shape index (κ1) is 24.0. The summed E-state index contributed by atoms with van der Waals surface area (Å²) >= 11 is 9.51. The first-order valence-electron chi connectivity index (χ1n) is 9.67. The first-order chi connectivity index (χ1) is 14.4. The van der Waals surface area contributed by atoms with Gasteiger partial charge in [0.15, 0.2) is 6.61 Å². The van der Waals surface area contributed by atoms with Crippen LogP contribution in [0.1, 0.15) is 25.8 Å². The van der Waals surface area contributed by atoms with Crippen LogP contribution in [0.25, 0.3) is 0 Å². The predicted octanol–water partition coefficient (Wildman–Crippen LogP) is 4.43.